The Morgan fingerprint density at radius 1 is 1.17 bits per heavy atom. The molecule has 1 amide bonds. The van der Waals surface area contributed by atoms with Crippen LogP contribution in [0.15, 0.2) is 53.1 Å². The number of hydrogen-bond acceptors (Lipinski definition) is 6. The van der Waals surface area contributed by atoms with Gasteiger partial charge in [-0.05, 0) is 38.1 Å². The third-order valence-electron chi connectivity index (χ3n) is 5.36. The van der Waals surface area contributed by atoms with Crippen LogP contribution >= 0.6 is 11.3 Å². The fourth-order valence-electron chi connectivity index (χ4n) is 3.63. The number of aryl methyl sites for hydroxylation is 1. The number of amides is 1. The second kappa shape index (κ2) is 8.80. The van der Waals surface area contributed by atoms with E-state index in [0.717, 1.165) is 36.1 Å². The lowest BCUT2D eigenvalue weighted by molar-refractivity contribution is 0.0929. The minimum atomic E-state index is -0.119. The van der Waals surface area contributed by atoms with E-state index < -0.39 is 0 Å². The van der Waals surface area contributed by atoms with Crippen molar-refractivity contribution in [2.45, 2.75) is 19.9 Å². The van der Waals surface area contributed by atoms with Gasteiger partial charge in [0.15, 0.2) is 10.8 Å². The summed E-state index contributed by atoms with van der Waals surface area (Å²) in [4.78, 5) is 22.9. The first kappa shape index (κ1) is 19.7. The molecular weight excluding hydrogens is 384 g/mol. The maximum Gasteiger partial charge on any atom is 0.271 e. The van der Waals surface area contributed by atoms with Gasteiger partial charge in [-0.2, -0.15) is 0 Å². The monoisotopic (exact) mass is 410 g/mol. The van der Waals surface area contributed by atoms with Crippen LogP contribution in [0.5, 0.6) is 0 Å². The predicted octanol–water partition coefficient (Wildman–Crippen LogP) is 3.65. The lowest BCUT2D eigenvalue weighted by atomic mass is 10.2. The zero-order valence-corrected chi connectivity index (χ0v) is 17.6. The van der Waals surface area contributed by atoms with Crippen molar-refractivity contribution in [2.75, 3.05) is 37.6 Å². The third-order valence-corrected chi connectivity index (χ3v) is 6.35. The van der Waals surface area contributed by atoms with E-state index in [1.807, 2.05) is 25.1 Å². The molecule has 4 rings (SSSR count). The summed E-state index contributed by atoms with van der Waals surface area (Å²) in [6.07, 6.45) is 1.62. The van der Waals surface area contributed by atoms with Crippen LogP contribution < -0.4 is 10.2 Å². The molecular formula is C22H26N4O2S. The first-order valence-corrected chi connectivity index (χ1v) is 10.8. The fourth-order valence-corrected chi connectivity index (χ4v) is 4.50. The van der Waals surface area contributed by atoms with Gasteiger partial charge >= 0.3 is 0 Å². The van der Waals surface area contributed by atoms with Gasteiger partial charge in [0.2, 0.25) is 0 Å². The molecule has 6 nitrogen and oxygen atoms in total. The summed E-state index contributed by atoms with van der Waals surface area (Å²) >= 11 is 1.48. The molecule has 1 unspecified atom stereocenters. The Balaban J connectivity index is 1.29. The van der Waals surface area contributed by atoms with Crippen molar-refractivity contribution >= 4 is 22.9 Å². The zero-order chi connectivity index (χ0) is 20.2. The minimum absolute atomic E-state index is 0.119. The molecule has 3 heterocycles. The number of thiazole rings is 1. The van der Waals surface area contributed by atoms with Gasteiger partial charge in [-0.25, -0.2) is 4.98 Å². The van der Waals surface area contributed by atoms with E-state index in [1.165, 1.54) is 17.0 Å². The minimum Gasteiger partial charge on any atom is -0.462 e. The highest BCUT2D eigenvalue weighted by atomic mass is 32.1. The van der Waals surface area contributed by atoms with Gasteiger partial charge in [0.1, 0.15) is 5.69 Å². The van der Waals surface area contributed by atoms with Crippen LogP contribution in [0.4, 0.5) is 5.69 Å². The van der Waals surface area contributed by atoms with Crippen molar-refractivity contribution < 1.29 is 9.21 Å². The number of furan rings is 1. The summed E-state index contributed by atoms with van der Waals surface area (Å²) < 4.78 is 5.39. The molecule has 0 saturated carbocycles. The van der Waals surface area contributed by atoms with Gasteiger partial charge in [-0.1, -0.05) is 18.2 Å². The van der Waals surface area contributed by atoms with Crippen LogP contribution in [-0.2, 0) is 0 Å². The van der Waals surface area contributed by atoms with Crippen LogP contribution in [0.1, 0.15) is 22.3 Å². The Morgan fingerprint density at radius 2 is 1.93 bits per heavy atom. The van der Waals surface area contributed by atoms with Crippen molar-refractivity contribution in [1.82, 2.24) is 15.2 Å². The lowest BCUT2D eigenvalue weighted by Gasteiger charge is -2.39. The van der Waals surface area contributed by atoms with Gasteiger partial charge in [0.25, 0.3) is 5.91 Å². The summed E-state index contributed by atoms with van der Waals surface area (Å²) in [7, 11) is 0. The Hall–Kier alpha value is -2.64. The summed E-state index contributed by atoms with van der Waals surface area (Å²) in [6.45, 7) is 8.68. The topological polar surface area (TPSA) is 61.6 Å². The molecule has 152 valence electrons. The number of benzene rings is 1. The fraction of sp³-hybridized carbons (Fsp3) is 0.364. The number of piperazine rings is 1. The number of rotatable bonds is 6. The van der Waals surface area contributed by atoms with E-state index in [4.69, 9.17) is 4.42 Å². The number of anilines is 1. The Bertz CT molecular complexity index is 931. The number of nitrogens with zero attached hydrogens (tertiary/aromatic N) is 3. The molecule has 0 radical (unpaired) electrons. The van der Waals surface area contributed by atoms with E-state index in [0.29, 0.717) is 18.0 Å². The smallest absolute Gasteiger partial charge is 0.271 e. The molecule has 0 spiro atoms. The quantitative estimate of drug-likeness (QED) is 0.672. The molecule has 2 aromatic heterocycles. The van der Waals surface area contributed by atoms with Crippen LogP contribution in [0.2, 0.25) is 0 Å². The molecule has 1 saturated heterocycles. The number of hydrogen-bond donors (Lipinski definition) is 1. The first-order valence-electron chi connectivity index (χ1n) is 9.95. The number of nitrogens with one attached hydrogen (secondary N) is 1. The number of carbonyl (C=O) groups is 1. The summed E-state index contributed by atoms with van der Waals surface area (Å²) in [5, 5.41) is 3.80. The van der Waals surface area contributed by atoms with Crippen LogP contribution in [0, 0.1) is 6.92 Å². The van der Waals surface area contributed by atoms with Crippen molar-refractivity contribution in [2.24, 2.45) is 0 Å². The van der Waals surface area contributed by atoms with Gasteiger partial charge < -0.3 is 14.6 Å². The van der Waals surface area contributed by atoms with E-state index in [2.05, 4.69) is 51.3 Å². The highest BCUT2D eigenvalue weighted by Gasteiger charge is 2.23. The Kier molecular flexibility index (Phi) is 5.97. The Morgan fingerprint density at radius 3 is 2.62 bits per heavy atom. The first-order chi connectivity index (χ1) is 14.1. The number of aromatic nitrogens is 1. The largest absolute Gasteiger partial charge is 0.462 e. The molecule has 1 aliphatic rings. The Labute approximate surface area is 175 Å². The summed E-state index contributed by atoms with van der Waals surface area (Å²) in [5.74, 6) is 0.577. The van der Waals surface area contributed by atoms with Crippen molar-refractivity contribution in [3.8, 4) is 10.8 Å². The standard InChI is InChI=1S/C22H26N4O2S/c1-16(25-10-12-26(13-11-25)18-7-4-3-5-8-18)15-23-21(27)20-17(2)29-22(24-20)19-9-6-14-28-19/h3-9,14,16H,10-13,15H2,1-2H3,(H,23,27). The molecule has 1 atom stereocenters. The van der Waals surface area contributed by atoms with Crippen molar-refractivity contribution in [3.63, 3.8) is 0 Å². The van der Waals surface area contributed by atoms with E-state index in [9.17, 15) is 4.79 Å². The van der Waals surface area contributed by atoms with E-state index in [-0.39, 0.29) is 11.9 Å². The number of para-hydroxylation sites is 1. The second-order valence-electron chi connectivity index (χ2n) is 7.32. The SMILES string of the molecule is Cc1sc(-c2ccco2)nc1C(=O)NCC(C)N1CCN(c2ccccc2)CC1. The normalized spacial score (nSPS) is 16.0. The van der Waals surface area contributed by atoms with Gasteiger partial charge in [-0.15, -0.1) is 11.3 Å². The predicted molar refractivity (Wildman–Crippen MR) is 117 cm³/mol. The second-order valence-corrected chi connectivity index (χ2v) is 8.52. The molecule has 1 fully saturated rings. The average Bonchev–Trinajstić information content (AvgIpc) is 3.42. The summed E-state index contributed by atoms with van der Waals surface area (Å²) in [6, 6.07) is 14.5. The third kappa shape index (κ3) is 4.52. The molecule has 3 aromatic rings. The van der Waals surface area contributed by atoms with Gasteiger partial charge in [0, 0.05) is 49.3 Å². The van der Waals surface area contributed by atoms with Gasteiger partial charge in [0.05, 0.1) is 6.26 Å². The highest BCUT2D eigenvalue weighted by Crippen LogP contribution is 2.27. The lowest BCUT2D eigenvalue weighted by Crippen LogP contribution is -2.52. The zero-order valence-electron chi connectivity index (χ0n) is 16.8. The molecule has 1 aromatic carbocycles. The molecule has 7 heteroatoms. The number of carbonyl (C=O) groups excluding carboxylic acids is 1. The van der Waals surface area contributed by atoms with Crippen molar-refractivity contribution in [1.29, 1.82) is 0 Å². The van der Waals surface area contributed by atoms with Crippen LogP contribution in [0.3, 0.4) is 0 Å². The average molecular weight is 411 g/mol. The molecule has 1 N–H and O–H groups in total. The molecule has 0 bridgehead atoms. The van der Waals surface area contributed by atoms with Crippen LogP contribution in [-0.4, -0.2) is 54.6 Å². The van der Waals surface area contributed by atoms with Crippen molar-refractivity contribution in [3.05, 3.63) is 59.3 Å². The summed E-state index contributed by atoms with van der Waals surface area (Å²) in [5.41, 5.74) is 1.77. The van der Waals surface area contributed by atoms with E-state index in [1.54, 1.807) is 6.26 Å². The molecule has 0 aliphatic carbocycles. The molecule has 1 aliphatic heterocycles. The van der Waals surface area contributed by atoms with E-state index >= 15 is 0 Å². The maximum absolute atomic E-state index is 12.6. The van der Waals surface area contributed by atoms with Crippen LogP contribution in [0.25, 0.3) is 10.8 Å². The van der Waals surface area contributed by atoms with Gasteiger partial charge in [-0.3, -0.25) is 9.69 Å². The molecule has 29 heavy (non-hydrogen) atoms. The maximum atomic E-state index is 12.6. The highest BCUT2D eigenvalue weighted by molar-refractivity contribution is 7.15.